The summed E-state index contributed by atoms with van der Waals surface area (Å²) >= 11 is 6.17. The number of hydrogen-bond donors (Lipinski definition) is 2. The molecule has 13 nitrogen and oxygen atoms in total. The van der Waals surface area contributed by atoms with E-state index < -0.39 is 20.7 Å². The number of nitrogens with one attached hydrogen (secondary N) is 1. The Morgan fingerprint density at radius 2 is 1.70 bits per heavy atom. The molecule has 15 heteroatoms. The number of anilines is 2. The van der Waals surface area contributed by atoms with Crippen LogP contribution in [0.15, 0.2) is 125 Å². The van der Waals surface area contributed by atoms with E-state index in [4.69, 9.17) is 26.8 Å². The van der Waals surface area contributed by atoms with Gasteiger partial charge in [-0.3, -0.25) is 24.8 Å². The van der Waals surface area contributed by atoms with Crippen LogP contribution in [0.4, 0.5) is 17.1 Å². The van der Waals surface area contributed by atoms with Crippen LogP contribution in [-0.2, 0) is 21.1 Å². The molecule has 0 bridgehead atoms. The summed E-state index contributed by atoms with van der Waals surface area (Å²) in [7, 11) is -4.48. The van der Waals surface area contributed by atoms with Crippen molar-refractivity contribution in [1.82, 2.24) is 9.88 Å². The molecule has 2 saturated heterocycles. The fourth-order valence-electron chi connectivity index (χ4n) is 7.88. The van der Waals surface area contributed by atoms with Crippen LogP contribution in [0.5, 0.6) is 11.5 Å². The zero-order valence-corrected chi connectivity index (χ0v) is 34.2. The van der Waals surface area contributed by atoms with Gasteiger partial charge in [0.2, 0.25) is 9.84 Å². The van der Waals surface area contributed by atoms with Crippen LogP contribution in [0.25, 0.3) is 22.0 Å². The van der Waals surface area contributed by atoms with Gasteiger partial charge in [0.1, 0.15) is 27.8 Å². The monoisotopic (exact) mass is 846 g/mol. The number of aromatic nitrogens is 1. The number of amides is 1. The second kappa shape index (κ2) is 17.7. The van der Waals surface area contributed by atoms with Crippen molar-refractivity contribution in [2.45, 2.75) is 29.2 Å². The van der Waals surface area contributed by atoms with Gasteiger partial charge in [0.05, 0.1) is 20.9 Å². The Morgan fingerprint density at radius 1 is 0.933 bits per heavy atom. The molecule has 3 N–H and O–H groups in total. The minimum Gasteiger partial charge on any atom is -0.456 e. The number of sulfone groups is 1. The molecule has 60 heavy (non-hydrogen) atoms. The van der Waals surface area contributed by atoms with Gasteiger partial charge in [0.15, 0.2) is 0 Å². The minimum atomic E-state index is -4.48. The highest BCUT2D eigenvalue weighted by Crippen LogP contribution is 2.44. The minimum absolute atomic E-state index is 0.000224. The summed E-state index contributed by atoms with van der Waals surface area (Å²) in [5.74, 6) is -0.358. The maximum Gasteiger partial charge on any atom is 0.316 e. The topological polar surface area (TPSA) is 170 Å². The zero-order valence-electron chi connectivity index (χ0n) is 32.6. The lowest BCUT2D eigenvalue weighted by Gasteiger charge is -2.37. The van der Waals surface area contributed by atoms with Crippen molar-refractivity contribution in [2.24, 2.45) is 11.7 Å². The van der Waals surface area contributed by atoms with Crippen LogP contribution in [0.3, 0.4) is 0 Å². The summed E-state index contributed by atoms with van der Waals surface area (Å²) in [4.78, 5) is 33.2. The Labute approximate surface area is 352 Å². The Kier molecular flexibility index (Phi) is 12.0. The molecule has 0 spiro atoms. The van der Waals surface area contributed by atoms with E-state index in [1.165, 1.54) is 30.3 Å². The molecule has 2 fully saturated rings. The van der Waals surface area contributed by atoms with E-state index in [1.54, 1.807) is 35.4 Å². The SMILES string of the molecule is NC(=O)c1ccc(S(=O)(=O)c2ccc(NCC3CCOCC3)c([N+](=O)[O-])c2N2CCN(Cc3ccccc3-c3ccc(Cl)cc3)CC2)cc1Oc1ccc2cccnc2c1. The number of nitro benzene ring substituents is 1. The molecule has 2 aliphatic heterocycles. The van der Waals surface area contributed by atoms with Crippen LogP contribution in [0, 0.1) is 16.0 Å². The average molecular weight is 847 g/mol. The Bertz CT molecular complexity index is 2670. The molecule has 2 aliphatic rings. The first-order chi connectivity index (χ1) is 29.0. The number of pyridine rings is 1. The van der Waals surface area contributed by atoms with Crippen LogP contribution < -0.4 is 20.7 Å². The number of rotatable bonds is 13. The van der Waals surface area contributed by atoms with E-state index in [9.17, 15) is 23.3 Å². The zero-order chi connectivity index (χ0) is 41.8. The third kappa shape index (κ3) is 8.77. The third-order valence-electron chi connectivity index (χ3n) is 11.1. The highest BCUT2D eigenvalue weighted by Gasteiger charge is 2.36. The molecule has 308 valence electrons. The number of hydrogen-bond acceptors (Lipinski definition) is 11. The summed E-state index contributed by atoms with van der Waals surface area (Å²) in [6, 6.07) is 31.4. The van der Waals surface area contributed by atoms with Gasteiger partial charge in [-0.2, -0.15) is 0 Å². The number of carbonyl (C=O) groups excluding carboxylic acids is 1. The number of carbonyl (C=O) groups is 1. The Morgan fingerprint density at radius 3 is 2.45 bits per heavy atom. The number of nitrogens with zero attached hydrogens (tertiary/aromatic N) is 4. The van der Waals surface area contributed by atoms with Crippen LogP contribution >= 0.6 is 11.6 Å². The van der Waals surface area contributed by atoms with Crippen molar-refractivity contribution < 1.29 is 27.6 Å². The number of primary amides is 1. The summed E-state index contributed by atoms with van der Waals surface area (Å²) in [6.07, 6.45) is 3.26. The highest BCUT2D eigenvalue weighted by atomic mass is 35.5. The second-order valence-electron chi connectivity index (χ2n) is 14.9. The Hall–Kier alpha value is -6.06. The van der Waals surface area contributed by atoms with E-state index in [0.29, 0.717) is 68.8 Å². The summed E-state index contributed by atoms with van der Waals surface area (Å²) in [5, 5.41) is 17.9. The lowest BCUT2D eigenvalue weighted by Crippen LogP contribution is -2.46. The number of halogens is 1. The fourth-order valence-corrected chi connectivity index (χ4v) is 9.49. The van der Waals surface area contributed by atoms with E-state index >= 15 is 0 Å². The molecular weight excluding hydrogens is 804 g/mol. The first-order valence-electron chi connectivity index (χ1n) is 19.7. The maximum absolute atomic E-state index is 14.9. The number of nitro groups is 1. The number of benzene rings is 5. The molecule has 0 unspecified atom stereocenters. The molecule has 0 aliphatic carbocycles. The van der Waals surface area contributed by atoms with Gasteiger partial charge in [-0.05, 0) is 90.0 Å². The number of nitrogens with two attached hydrogens (primary N) is 1. The molecule has 0 atom stereocenters. The molecule has 1 amide bonds. The standard InChI is InChI=1S/C45H43ClN6O7S/c46-34-10-7-31(8-11-34)37-6-2-1-4-33(37)29-50-20-22-51(23-21-50)44-42(16-15-39(43(44)52(54)55)49-28-30-17-24-58-25-18-30)60(56,57)36-13-14-38(45(47)53)41(27-36)59-35-12-9-32-5-3-19-48-40(32)26-35/h1-16,19,26-27,30,49H,17-18,20-25,28-29H2,(H2,47,53). The van der Waals surface area contributed by atoms with Crippen molar-refractivity contribution in [3.05, 3.63) is 142 Å². The maximum atomic E-state index is 14.9. The molecule has 0 radical (unpaired) electrons. The summed E-state index contributed by atoms with van der Waals surface area (Å²) in [6.45, 7) is 3.98. The van der Waals surface area contributed by atoms with E-state index in [1.807, 2.05) is 42.5 Å². The number of piperazine rings is 1. The molecule has 8 rings (SSSR count). The predicted molar refractivity (Wildman–Crippen MR) is 232 cm³/mol. The van der Waals surface area contributed by atoms with Gasteiger partial charge in [-0.25, -0.2) is 8.42 Å². The van der Waals surface area contributed by atoms with Crippen LogP contribution in [0.1, 0.15) is 28.8 Å². The van der Waals surface area contributed by atoms with E-state index in [-0.39, 0.29) is 44.1 Å². The quantitative estimate of drug-likeness (QED) is 0.0846. The lowest BCUT2D eigenvalue weighted by molar-refractivity contribution is -0.383. The lowest BCUT2D eigenvalue weighted by atomic mass is 9.99. The number of fused-ring (bicyclic) bond motifs is 1. The normalized spacial score (nSPS) is 15.2. The average Bonchev–Trinajstić information content (AvgIpc) is 3.26. The van der Waals surface area contributed by atoms with Gasteiger partial charge < -0.3 is 25.4 Å². The van der Waals surface area contributed by atoms with Gasteiger partial charge in [-0.1, -0.05) is 54.1 Å². The van der Waals surface area contributed by atoms with Crippen molar-refractivity contribution >= 4 is 55.3 Å². The van der Waals surface area contributed by atoms with Crippen LogP contribution in [-0.4, -0.2) is 75.1 Å². The molecule has 6 aromatic rings. The second-order valence-corrected chi connectivity index (χ2v) is 17.3. The van der Waals surface area contributed by atoms with Crippen molar-refractivity contribution in [2.75, 3.05) is 56.2 Å². The fraction of sp³-hybridized carbons (Fsp3) is 0.244. The molecule has 3 heterocycles. The number of ether oxygens (including phenoxy) is 2. The van der Waals surface area contributed by atoms with Gasteiger partial charge in [-0.15, -0.1) is 0 Å². The Balaban J connectivity index is 1.14. The first kappa shape index (κ1) is 40.7. The van der Waals surface area contributed by atoms with Crippen molar-refractivity contribution in [3.63, 3.8) is 0 Å². The summed E-state index contributed by atoms with van der Waals surface area (Å²) in [5.41, 5.74) is 9.45. The van der Waals surface area contributed by atoms with Crippen molar-refractivity contribution in [3.8, 4) is 22.6 Å². The van der Waals surface area contributed by atoms with E-state index in [2.05, 4.69) is 27.3 Å². The van der Waals surface area contributed by atoms with Gasteiger partial charge in [0, 0.05) is 81.2 Å². The smallest absolute Gasteiger partial charge is 0.316 e. The summed E-state index contributed by atoms with van der Waals surface area (Å²) < 4.78 is 41.4. The highest BCUT2D eigenvalue weighted by molar-refractivity contribution is 7.91. The largest absolute Gasteiger partial charge is 0.456 e. The van der Waals surface area contributed by atoms with Crippen LogP contribution in [0.2, 0.25) is 5.02 Å². The predicted octanol–water partition coefficient (Wildman–Crippen LogP) is 8.35. The third-order valence-corrected chi connectivity index (χ3v) is 13.1. The molecule has 5 aromatic carbocycles. The first-order valence-corrected chi connectivity index (χ1v) is 21.6. The van der Waals surface area contributed by atoms with Gasteiger partial charge in [0.25, 0.3) is 5.91 Å². The van der Waals surface area contributed by atoms with Crippen molar-refractivity contribution in [1.29, 1.82) is 0 Å². The van der Waals surface area contributed by atoms with Gasteiger partial charge >= 0.3 is 5.69 Å². The molecule has 0 saturated carbocycles. The molecular formula is C45H43ClN6O7S. The molecule has 1 aromatic heterocycles. The van der Waals surface area contributed by atoms with E-state index in [0.717, 1.165) is 34.9 Å².